The monoisotopic (exact) mass is 351 g/mol. The van der Waals surface area contributed by atoms with Crippen LogP contribution in [0.25, 0.3) is 21.9 Å². The second kappa shape index (κ2) is 9.02. The molecule has 3 aromatic rings. The lowest BCUT2D eigenvalue weighted by atomic mass is 9.95. The van der Waals surface area contributed by atoms with Crippen molar-refractivity contribution in [1.29, 1.82) is 0 Å². The van der Waals surface area contributed by atoms with E-state index in [2.05, 4.69) is 4.74 Å². The Bertz CT molecular complexity index is 872. The molecule has 0 aliphatic rings. The standard InChI is InChI=1S/C20H19NO3.C2H6/c1-24-20(23)12-18(21)14-8-6-13(7-9-14)15-10-11-19(22)17-5-3-2-4-16(15)17;1-2/h2-11,18,22H,12,21H2,1H3;1-2H3. The number of hydrogen-bond acceptors (Lipinski definition) is 4. The minimum Gasteiger partial charge on any atom is -0.507 e. The van der Waals surface area contributed by atoms with Crippen LogP contribution in [0.1, 0.15) is 31.9 Å². The largest absolute Gasteiger partial charge is 0.507 e. The zero-order valence-electron chi connectivity index (χ0n) is 15.4. The average molecular weight is 351 g/mol. The van der Waals surface area contributed by atoms with Gasteiger partial charge in [0, 0.05) is 11.4 Å². The molecule has 0 heterocycles. The number of ether oxygens (including phenoxy) is 1. The van der Waals surface area contributed by atoms with Crippen molar-refractivity contribution in [2.75, 3.05) is 7.11 Å². The van der Waals surface area contributed by atoms with E-state index in [1.54, 1.807) is 6.07 Å². The van der Waals surface area contributed by atoms with Crippen molar-refractivity contribution in [2.45, 2.75) is 26.3 Å². The number of phenolic OH excluding ortho intramolecular Hbond substituents is 1. The van der Waals surface area contributed by atoms with E-state index in [9.17, 15) is 9.90 Å². The molecule has 0 radical (unpaired) electrons. The fraction of sp³-hybridized carbons (Fsp3) is 0.227. The van der Waals surface area contributed by atoms with Gasteiger partial charge in [0.25, 0.3) is 0 Å². The molecule has 1 unspecified atom stereocenters. The third-order valence-corrected chi connectivity index (χ3v) is 4.17. The van der Waals surface area contributed by atoms with Gasteiger partial charge in [-0.2, -0.15) is 0 Å². The van der Waals surface area contributed by atoms with E-state index in [0.29, 0.717) is 0 Å². The predicted molar refractivity (Wildman–Crippen MR) is 106 cm³/mol. The van der Waals surface area contributed by atoms with Crippen LogP contribution in [0.4, 0.5) is 0 Å². The topological polar surface area (TPSA) is 72.5 Å². The number of fused-ring (bicyclic) bond motifs is 1. The fourth-order valence-electron chi connectivity index (χ4n) is 2.83. The number of rotatable bonds is 4. The maximum atomic E-state index is 11.3. The van der Waals surface area contributed by atoms with E-state index in [1.807, 2.05) is 68.4 Å². The van der Waals surface area contributed by atoms with Gasteiger partial charge in [0.2, 0.25) is 0 Å². The number of benzene rings is 3. The highest BCUT2D eigenvalue weighted by molar-refractivity contribution is 5.99. The molecular weight excluding hydrogens is 326 g/mol. The van der Waals surface area contributed by atoms with Crippen molar-refractivity contribution in [3.05, 3.63) is 66.2 Å². The number of carbonyl (C=O) groups is 1. The van der Waals surface area contributed by atoms with Crippen molar-refractivity contribution in [1.82, 2.24) is 0 Å². The van der Waals surface area contributed by atoms with Gasteiger partial charge in [0.1, 0.15) is 5.75 Å². The summed E-state index contributed by atoms with van der Waals surface area (Å²) in [6, 6.07) is 18.8. The number of phenols is 1. The van der Waals surface area contributed by atoms with Crippen LogP contribution in [-0.4, -0.2) is 18.2 Å². The number of hydrogen-bond donors (Lipinski definition) is 2. The molecule has 1 atom stereocenters. The Hall–Kier alpha value is -2.85. The molecule has 3 rings (SSSR count). The van der Waals surface area contributed by atoms with Gasteiger partial charge in [-0.25, -0.2) is 0 Å². The summed E-state index contributed by atoms with van der Waals surface area (Å²) in [5.74, 6) is -0.0535. The van der Waals surface area contributed by atoms with Crippen LogP contribution in [0.5, 0.6) is 5.75 Å². The zero-order valence-corrected chi connectivity index (χ0v) is 15.4. The minimum absolute atomic E-state index is 0.151. The molecular formula is C22H25NO3. The first kappa shape index (κ1) is 19.5. The Morgan fingerprint density at radius 1 is 1.00 bits per heavy atom. The lowest BCUT2D eigenvalue weighted by Crippen LogP contribution is -2.16. The maximum absolute atomic E-state index is 11.3. The first-order chi connectivity index (χ1) is 12.6. The van der Waals surface area contributed by atoms with E-state index < -0.39 is 0 Å². The Morgan fingerprint density at radius 3 is 2.23 bits per heavy atom. The van der Waals surface area contributed by atoms with Crippen LogP contribution in [0.15, 0.2) is 60.7 Å². The van der Waals surface area contributed by atoms with Gasteiger partial charge in [-0.15, -0.1) is 0 Å². The SMILES string of the molecule is CC.COC(=O)CC(N)c1ccc(-c2ccc(O)c3ccccc23)cc1. The fourth-order valence-corrected chi connectivity index (χ4v) is 2.83. The summed E-state index contributed by atoms with van der Waals surface area (Å²) in [5, 5.41) is 11.8. The lowest BCUT2D eigenvalue weighted by Gasteiger charge is -2.13. The molecule has 0 aliphatic carbocycles. The Labute approximate surface area is 154 Å². The molecule has 0 aliphatic heterocycles. The molecule has 0 aromatic heterocycles. The maximum Gasteiger partial charge on any atom is 0.307 e. The summed E-state index contributed by atoms with van der Waals surface area (Å²) in [6.07, 6.45) is 0.151. The second-order valence-electron chi connectivity index (χ2n) is 5.69. The van der Waals surface area contributed by atoms with E-state index in [1.165, 1.54) is 7.11 Å². The normalized spacial score (nSPS) is 11.4. The third-order valence-electron chi connectivity index (χ3n) is 4.17. The highest BCUT2D eigenvalue weighted by atomic mass is 16.5. The Kier molecular flexibility index (Phi) is 6.75. The molecule has 0 spiro atoms. The smallest absolute Gasteiger partial charge is 0.307 e. The van der Waals surface area contributed by atoms with Crippen molar-refractivity contribution < 1.29 is 14.6 Å². The summed E-state index contributed by atoms with van der Waals surface area (Å²) in [4.78, 5) is 11.3. The first-order valence-corrected chi connectivity index (χ1v) is 8.73. The number of esters is 1. The van der Waals surface area contributed by atoms with E-state index in [4.69, 9.17) is 5.73 Å². The highest BCUT2D eigenvalue weighted by Gasteiger charge is 2.12. The Balaban J connectivity index is 0.00000117. The van der Waals surface area contributed by atoms with Gasteiger partial charge < -0.3 is 15.6 Å². The van der Waals surface area contributed by atoms with E-state index >= 15 is 0 Å². The van der Waals surface area contributed by atoms with Gasteiger partial charge in [-0.3, -0.25) is 4.79 Å². The quantitative estimate of drug-likeness (QED) is 0.662. The van der Waals surface area contributed by atoms with Gasteiger partial charge >= 0.3 is 5.97 Å². The molecule has 4 heteroatoms. The molecule has 0 saturated heterocycles. The number of nitrogens with two attached hydrogens (primary N) is 1. The van der Waals surface area contributed by atoms with Crippen molar-refractivity contribution in [3.8, 4) is 16.9 Å². The molecule has 3 aromatic carbocycles. The molecule has 26 heavy (non-hydrogen) atoms. The van der Waals surface area contributed by atoms with Crippen molar-refractivity contribution in [2.24, 2.45) is 5.73 Å². The molecule has 3 N–H and O–H groups in total. The van der Waals surface area contributed by atoms with Crippen LogP contribution in [-0.2, 0) is 9.53 Å². The zero-order chi connectivity index (χ0) is 19.1. The Morgan fingerprint density at radius 2 is 1.62 bits per heavy atom. The number of carbonyl (C=O) groups excluding carboxylic acids is 1. The summed E-state index contributed by atoms with van der Waals surface area (Å²) in [7, 11) is 1.36. The summed E-state index contributed by atoms with van der Waals surface area (Å²) in [5.41, 5.74) is 8.98. The van der Waals surface area contributed by atoms with E-state index in [-0.39, 0.29) is 24.2 Å². The predicted octanol–water partition coefficient (Wildman–Crippen LogP) is 4.80. The third kappa shape index (κ3) is 4.21. The molecule has 136 valence electrons. The summed E-state index contributed by atoms with van der Waals surface area (Å²) >= 11 is 0. The highest BCUT2D eigenvalue weighted by Crippen LogP contribution is 2.34. The van der Waals surface area contributed by atoms with E-state index in [0.717, 1.165) is 27.5 Å². The summed E-state index contributed by atoms with van der Waals surface area (Å²) in [6.45, 7) is 4.00. The number of methoxy groups -OCH3 is 1. The molecule has 0 fully saturated rings. The summed E-state index contributed by atoms with van der Waals surface area (Å²) < 4.78 is 4.65. The van der Waals surface area contributed by atoms with Crippen LogP contribution in [0.2, 0.25) is 0 Å². The van der Waals surface area contributed by atoms with Crippen LogP contribution in [0.3, 0.4) is 0 Å². The van der Waals surface area contributed by atoms with Crippen LogP contribution in [0, 0.1) is 0 Å². The van der Waals surface area contributed by atoms with Crippen molar-refractivity contribution >= 4 is 16.7 Å². The van der Waals surface area contributed by atoms with Gasteiger partial charge in [-0.1, -0.05) is 68.4 Å². The van der Waals surface area contributed by atoms with Crippen LogP contribution < -0.4 is 5.73 Å². The molecule has 0 amide bonds. The average Bonchev–Trinajstić information content (AvgIpc) is 2.70. The van der Waals surface area contributed by atoms with Crippen LogP contribution >= 0.6 is 0 Å². The van der Waals surface area contributed by atoms with Gasteiger partial charge in [0.15, 0.2) is 0 Å². The molecule has 0 bridgehead atoms. The molecule has 0 saturated carbocycles. The van der Waals surface area contributed by atoms with Gasteiger partial charge in [-0.05, 0) is 28.1 Å². The van der Waals surface area contributed by atoms with Gasteiger partial charge in [0.05, 0.1) is 13.5 Å². The second-order valence-corrected chi connectivity index (χ2v) is 5.69. The first-order valence-electron chi connectivity index (χ1n) is 8.73. The number of aromatic hydroxyl groups is 1. The molecule has 4 nitrogen and oxygen atoms in total. The minimum atomic E-state index is -0.386. The lowest BCUT2D eigenvalue weighted by molar-refractivity contribution is -0.141. The van der Waals surface area contributed by atoms with Crippen molar-refractivity contribution in [3.63, 3.8) is 0 Å².